The second-order valence-electron chi connectivity index (χ2n) is 4.23. The summed E-state index contributed by atoms with van der Waals surface area (Å²) in [5.41, 5.74) is 1.20. The molecule has 0 N–H and O–H groups in total. The van der Waals surface area contributed by atoms with Gasteiger partial charge < -0.3 is 9.90 Å². The fourth-order valence-corrected chi connectivity index (χ4v) is 2.37. The average molecular weight is 344 g/mol. The molecule has 0 bridgehead atoms. The largest absolute Gasteiger partial charge is 1.00 e. The smallest absolute Gasteiger partial charge is 0.545 e. The average Bonchev–Trinajstić information content (AvgIpc) is 2.30. The molecule has 4 nitrogen and oxygen atoms in total. The second-order valence-corrected chi connectivity index (χ2v) is 5.14. The number of aromatic nitrogens is 1. The SMILES string of the molecule is Cc1cc(=O)n(-c2ccc(Br)cc2)c(C)c1C(=O)[O-].[Na+]. The Labute approximate surface area is 146 Å². The first-order valence-electron chi connectivity index (χ1n) is 5.62. The molecule has 0 amide bonds. The summed E-state index contributed by atoms with van der Waals surface area (Å²) >= 11 is 3.31. The van der Waals surface area contributed by atoms with Gasteiger partial charge in [-0.3, -0.25) is 9.36 Å². The number of carbonyl (C=O) groups is 1. The Hall–Kier alpha value is -0.880. The summed E-state index contributed by atoms with van der Waals surface area (Å²) in [4.78, 5) is 23.2. The maximum Gasteiger partial charge on any atom is 1.00 e. The molecule has 0 fully saturated rings. The van der Waals surface area contributed by atoms with Crippen LogP contribution in [0.5, 0.6) is 0 Å². The van der Waals surface area contributed by atoms with Crippen LogP contribution in [0.2, 0.25) is 0 Å². The first kappa shape index (κ1) is 17.2. The van der Waals surface area contributed by atoms with Gasteiger partial charge in [0.2, 0.25) is 0 Å². The number of nitrogens with zero attached hydrogens (tertiary/aromatic N) is 1. The van der Waals surface area contributed by atoms with E-state index in [-0.39, 0.29) is 40.7 Å². The Bertz CT molecular complexity index is 708. The summed E-state index contributed by atoms with van der Waals surface area (Å²) in [5.74, 6) is -1.28. The molecule has 1 aromatic carbocycles. The van der Waals surface area contributed by atoms with Crippen LogP contribution < -0.4 is 40.2 Å². The van der Waals surface area contributed by atoms with Gasteiger partial charge in [-0.05, 0) is 43.7 Å². The third kappa shape index (κ3) is 3.23. The van der Waals surface area contributed by atoms with Crippen molar-refractivity contribution < 1.29 is 39.5 Å². The van der Waals surface area contributed by atoms with E-state index in [4.69, 9.17) is 0 Å². The predicted octanol–water partition coefficient (Wildman–Crippen LogP) is -1.42. The summed E-state index contributed by atoms with van der Waals surface area (Å²) in [6.07, 6.45) is 0. The van der Waals surface area contributed by atoms with Crippen molar-refractivity contribution in [2.24, 2.45) is 0 Å². The van der Waals surface area contributed by atoms with Crippen LogP contribution in [0.3, 0.4) is 0 Å². The number of halogens is 1. The van der Waals surface area contributed by atoms with E-state index in [1.807, 2.05) is 0 Å². The molecule has 1 heterocycles. The molecular formula is C14H11BrNNaO3. The summed E-state index contributed by atoms with van der Waals surface area (Å²) < 4.78 is 2.25. The van der Waals surface area contributed by atoms with Crippen molar-refractivity contribution in [3.05, 3.63) is 62.0 Å². The number of rotatable bonds is 2. The summed E-state index contributed by atoms with van der Waals surface area (Å²) in [6, 6.07) is 8.37. The quantitative estimate of drug-likeness (QED) is 0.629. The number of carboxylic acid groups (broad SMARTS) is 1. The van der Waals surface area contributed by atoms with Crippen molar-refractivity contribution in [1.29, 1.82) is 0 Å². The molecule has 6 heteroatoms. The van der Waals surface area contributed by atoms with E-state index in [0.717, 1.165) is 4.47 Å². The van der Waals surface area contributed by atoms with Crippen LogP contribution in [0.25, 0.3) is 5.69 Å². The minimum atomic E-state index is -1.28. The van der Waals surface area contributed by atoms with Gasteiger partial charge in [0.15, 0.2) is 0 Å². The molecule has 0 saturated carbocycles. The van der Waals surface area contributed by atoms with Crippen LogP contribution in [0.4, 0.5) is 0 Å². The fraction of sp³-hybridized carbons (Fsp3) is 0.143. The Morgan fingerprint density at radius 1 is 1.20 bits per heavy atom. The molecular weight excluding hydrogens is 333 g/mol. The Morgan fingerprint density at radius 3 is 2.25 bits per heavy atom. The van der Waals surface area contributed by atoms with Crippen LogP contribution in [-0.2, 0) is 0 Å². The molecule has 98 valence electrons. The zero-order chi connectivity index (χ0) is 14.2. The van der Waals surface area contributed by atoms with Gasteiger partial charge >= 0.3 is 29.6 Å². The van der Waals surface area contributed by atoms with Gasteiger partial charge in [0.05, 0.1) is 5.97 Å². The normalized spacial score (nSPS) is 9.95. The molecule has 0 atom stereocenters. The second kappa shape index (κ2) is 6.72. The summed E-state index contributed by atoms with van der Waals surface area (Å²) in [7, 11) is 0. The Balaban J connectivity index is 0.00000200. The minimum absolute atomic E-state index is 0. The summed E-state index contributed by atoms with van der Waals surface area (Å²) in [6.45, 7) is 3.19. The van der Waals surface area contributed by atoms with Crippen LogP contribution >= 0.6 is 15.9 Å². The molecule has 0 aliphatic heterocycles. The van der Waals surface area contributed by atoms with Gasteiger partial charge in [-0.1, -0.05) is 15.9 Å². The number of aryl methyl sites for hydroxylation is 1. The number of hydrogen-bond donors (Lipinski definition) is 0. The minimum Gasteiger partial charge on any atom is -0.545 e. The number of hydrogen-bond acceptors (Lipinski definition) is 3. The first-order valence-corrected chi connectivity index (χ1v) is 6.41. The number of carbonyl (C=O) groups excluding carboxylic acids is 1. The van der Waals surface area contributed by atoms with E-state index in [0.29, 0.717) is 16.9 Å². The van der Waals surface area contributed by atoms with E-state index < -0.39 is 5.97 Å². The molecule has 0 aliphatic carbocycles. The number of benzene rings is 1. The molecule has 2 aromatic rings. The Kier molecular flexibility index (Phi) is 5.77. The number of pyridine rings is 1. The first-order chi connectivity index (χ1) is 8.91. The third-order valence-corrected chi connectivity index (χ3v) is 3.47. The van der Waals surface area contributed by atoms with Gasteiger partial charge in [0, 0.05) is 27.5 Å². The number of carboxylic acids is 1. The van der Waals surface area contributed by atoms with E-state index in [2.05, 4.69) is 15.9 Å². The molecule has 1 aromatic heterocycles. The molecule has 2 rings (SSSR count). The van der Waals surface area contributed by atoms with Crippen molar-refractivity contribution in [1.82, 2.24) is 4.57 Å². The van der Waals surface area contributed by atoms with Crippen LogP contribution in [0.15, 0.2) is 39.6 Å². The third-order valence-electron chi connectivity index (χ3n) is 2.94. The van der Waals surface area contributed by atoms with Gasteiger partial charge in [-0.25, -0.2) is 0 Å². The zero-order valence-corrected chi connectivity index (χ0v) is 15.0. The molecule has 0 spiro atoms. The van der Waals surface area contributed by atoms with Gasteiger partial charge in [0.1, 0.15) is 0 Å². The van der Waals surface area contributed by atoms with Crippen LogP contribution in [0, 0.1) is 13.8 Å². The maximum absolute atomic E-state index is 12.1. The fourth-order valence-electron chi connectivity index (χ4n) is 2.10. The van der Waals surface area contributed by atoms with Crippen LogP contribution in [-0.4, -0.2) is 10.5 Å². The van der Waals surface area contributed by atoms with Gasteiger partial charge in [-0.2, -0.15) is 0 Å². The standard InChI is InChI=1S/C14H12BrNO3.Na/c1-8-7-12(17)16(9(2)13(8)14(18)19)11-5-3-10(15)4-6-11;/h3-7H,1-2H3,(H,18,19);/q;+1/p-1. The molecule has 0 saturated heterocycles. The predicted molar refractivity (Wildman–Crippen MR) is 73.5 cm³/mol. The van der Waals surface area contributed by atoms with E-state index in [9.17, 15) is 14.7 Å². The van der Waals surface area contributed by atoms with E-state index in [1.54, 1.807) is 38.1 Å². The Morgan fingerprint density at radius 2 is 1.75 bits per heavy atom. The van der Waals surface area contributed by atoms with E-state index in [1.165, 1.54) is 10.6 Å². The van der Waals surface area contributed by atoms with Crippen molar-refractivity contribution in [3.8, 4) is 5.69 Å². The van der Waals surface area contributed by atoms with Crippen LogP contribution in [0.1, 0.15) is 21.6 Å². The monoisotopic (exact) mass is 343 g/mol. The molecule has 20 heavy (non-hydrogen) atoms. The summed E-state index contributed by atoms with van der Waals surface area (Å²) in [5, 5.41) is 11.2. The topological polar surface area (TPSA) is 62.1 Å². The van der Waals surface area contributed by atoms with E-state index >= 15 is 0 Å². The zero-order valence-electron chi connectivity index (χ0n) is 11.4. The van der Waals surface area contributed by atoms with Crippen molar-refractivity contribution in [3.63, 3.8) is 0 Å². The molecule has 0 radical (unpaired) electrons. The van der Waals surface area contributed by atoms with Crippen molar-refractivity contribution in [2.45, 2.75) is 13.8 Å². The van der Waals surface area contributed by atoms with Gasteiger partial charge in [0.25, 0.3) is 5.56 Å². The maximum atomic E-state index is 12.1. The van der Waals surface area contributed by atoms with Crippen molar-refractivity contribution >= 4 is 21.9 Å². The van der Waals surface area contributed by atoms with Gasteiger partial charge in [-0.15, -0.1) is 0 Å². The molecule has 0 aliphatic rings. The van der Waals surface area contributed by atoms with Crippen molar-refractivity contribution in [2.75, 3.05) is 0 Å². The number of aromatic carboxylic acids is 1. The molecule has 0 unspecified atom stereocenters.